The van der Waals surface area contributed by atoms with Gasteiger partial charge in [0, 0.05) is 20.6 Å². The van der Waals surface area contributed by atoms with E-state index < -0.39 is 0 Å². The van der Waals surface area contributed by atoms with E-state index in [1.165, 1.54) is 4.57 Å². The molecule has 0 amide bonds. The predicted molar refractivity (Wildman–Crippen MR) is 42.8 cm³/mol. The summed E-state index contributed by atoms with van der Waals surface area (Å²) in [5.74, 6) is 0.664. The van der Waals surface area contributed by atoms with Crippen LogP contribution in [-0.2, 0) is 7.05 Å². The maximum Gasteiger partial charge on any atom is 0.344 e. The van der Waals surface area contributed by atoms with E-state index >= 15 is 0 Å². The molecule has 5 heteroatoms. The van der Waals surface area contributed by atoms with E-state index in [0.717, 1.165) is 6.54 Å². The van der Waals surface area contributed by atoms with Crippen molar-refractivity contribution in [3.63, 3.8) is 0 Å². The molecule has 0 saturated heterocycles. The minimum Gasteiger partial charge on any atom is -0.344 e. The quantitative estimate of drug-likeness (QED) is 0.631. The van der Waals surface area contributed by atoms with E-state index in [2.05, 4.69) is 10.2 Å². The van der Waals surface area contributed by atoms with Crippen molar-refractivity contribution < 1.29 is 0 Å². The predicted octanol–water partition coefficient (Wildman–Crippen LogP) is -0.435. The highest BCUT2D eigenvalue weighted by Crippen LogP contribution is 2.00. The second-order valence-electron chi connectivity index (χ2n) is 2.40. The Morgan fingerprint density at radius 2 is 2.36 bits per heavy atom. The molecule has 62 valence electrons. The molecule has 5 nitrogen and oxygen atoms in total. The van der Waals surface area contributed by atoms with Crippen LogP contribution >= 0.6 is 0 Å². The number of anilines is 1. The highest BCUT2D eigenvalue weighted by Gasteiger charge is 2.06. The van der Waals surface area contributed by atoms with Crippen LogP contribution in [0, 0.1) is 0 Å². The Kier molecular flexibility index (Phi) is 1.98. The monoisotopic (exact) mass is 156 g/mol. The first-order valence-electron chi connectivity index (χ1n) is 3.49. The molecule has 0 bridgehead atoms. The Balaban J connectivity index is 3.04. The summed E-state index contributed by atoms with van der Waals surface area (Å²) < 4.78 is 1.48. The molecule has 0 unspecified atom stereocenters. The molecule has 1 heterocycles. The molecule has 0 aliphatic carbocycles. The fraction of sp³-hybridized carbons (Fsp3) is 0.667. The molecule has 0 aliphatic rings. The first-order valence-corrected chi connectivity index (χ1v) is 3.49. The van der Waals surface area contributed by atoms with E-state index in [0.29, 0.717) is 5.95 Å². The number of aromatic nitrogens is 3. The molecule has 0 radical (unpaired) electrons. The van der Waals surface area contributed by atoms with E-state index in [4.69, 9.17) is 0 Å². The van der Waals surface area contributed by atoms with Gasteiger partial charge in [-0.2, -0.15) is 0 Å². The van der Waals surface area contributed by atoms with Gasteiger partial charge in [0.1, 0.15) is 0 Å². The topological polar surface area (TPSA) is 53.9 Å². The van der Waals surface area contributed by atoms with Crippen molar-refractivity contribution in [1.29, 1.82) is 0 Å². The maximum absolute atomic E-state index is 10.9. The summed E-state index contributed by atoms with van der Waals surface area (Å²) >= 11 is 0. The highest BCUT2D eigenvalue weighted by molar-refractivity contribution is 5.26. The molecule has 0 spiro atoms. The van der Waals surface area contributed by atoms with Crippen molar-refractivity contribution in [3.8, 4) is 0 Å². The number of aromatic amines is 1. The number of nitrogens with zero attached hydrogens (tertiary/aromatic N) is 3. The van der Waals surface area contributed by atoms with Crippen molar-refractivity contribution in [1.82, 2.24) is 14.8 Å². The summed E-state index contributed by atoms with van der Waals surface area (Å²) in [5.41, 5.74) is -0.180. The summed E-state index contributed by atoms with van der Waals surface area (Å²) in [7, 11) is 3.57. The number of nitrogens with one attached hydrogen (secondary N) is 1. The minimum atomic E-state index is -0.180. The zero-order valence-electron chi connectivity index (χ0n) is 6.96. The van der Waals surface area contributed by atoms with Gasteiger partial charge in [0.05, 0.1) is 0 Å². The van der Waals surface area contributed by atoms with Gasteiger partial charge in [0.2, 0.25) is 5.95 Å². The van der Waals surface area contributed by atoms with Gasteiger partial charge in [0.15, 0.2) is 0 Å². The molecule has 0 fully saturated rings. The second kappa shape index (κ2) is 2.77. The van der Waals surface area contributed by atoms with Crippen LogP contribution in [0.4, 0.5) is 5.95 Å². The average Bonchev–Trinajstić information content (AvgIpc) is 2.32. The van der Waals surface area contributed by atoms with Crippen LogP contribution in [0.15, 0.2) is 4.79 Å². The molecule has 1 aromatic heterocycles. The van der Waals surface area contributed by atoms with Crippen LogP contribution in [0.25, 0.3) is 0 Å². The first kappa shape index (κ1) is 7.84. The minimum absolute atomic E-state index is 0.180. The first-order chi connectivity index (χ1) is 5.16. The Bertz CT molecular complexity index is 287. The van der Waals surface area contributed by atoms with Crippen molar-refractivity contribution >= 4 is 5.95 Å². The van der Waals surface area contributed by atoms with Gasteiger partial charge in [-0.1, -0.05) is 0 Å². The summed E-state index contributed by atoms with van der Waals surface area (Å²) in [5, 5.41) is 6.21. The van der Waals surface area contributed by atoms with E-state index in [9.17, 15) is 4.79 Å². The Morgan fingerprint density at radius 3 is 2.73 bits per heavy atom. The van der Waals surface area contributed by atoms with Crippen LogP contribution in [0.3, 0.4) is 0 Å². The van der Waals surface area contributed by atoms with Crippen molar-refractivity contribution in [2.45, 2.75) is 6.92 Å². The lowest BCUT2D eigenvalue weighted by molar-refractivity contribution is 0.807. The molecule has 1 rings (SSSR count). The van der Waals surface area contributed by atoms with Crippen LogP contribution in [0.2, 0.25) is 0 Å². The molecular formula is C6H12N4O. The van der Waals surface area contributed by atoms with Gasteiger partial charge in [0.25, 0.3) is 0 Å². The zero-order valence-corrected chi connectivity index (χ0v) is 6.96. The van der Waals surface area contributed by atoms with Gasteiger partial charge in [-0.15, -0.1) is 5.10 Å². The largest absolute Gasteiger partial charge is 0.344 e. The summed E-state index contributed by atoms with van der Waals surface area (Å²) in [6, 6.07) is 0. The van der Waals surface area contributed by atoms with E-state index in [1.54, 1.807) is 7.05 Å². The SMILES string of the molecule is CCN(C)c1n[nH]c(=O)n1C. The lowest BCUT2D eigenvalue weighted by Gasteiger charge is -2.13. The molecular weight excluding hydrogens is 144 g/mol. The lowest BCUT2D eigenvalue weighted by atomic mass is 10.6. The van der Waals surface area contributed by atoms with Crippen molar-refractivity contribution in [2.24, 2.45) is 7.05 Å². The zero-order chi connectivity index (χ0) is 8.43. The van der Waals surface area contributed by atoms with Crippen LogP contribution in [0.5, 0.6) is 0 Å². The summed E-state index contributed by atoms with van der Waals surface area (Å²) in [6.45, 7) is 2.83. The highest BCUT2D eigenvalue weighted by atomic mass is 16.1. The Labute approximate surface area is 64.6 Å². The molecule has 0 atom stereocenters. The fourth-order valence-corrected chi connectivity index (χ4v) is 0.821. The number of rotatable bonds is 2. The second-order valence-corrected chi connectivity index (χ2v) is 2.40. The van der Waals surface area contributed by atoms with Gasteiger partial charge >= 0.3 is 5.69 Å². The van der Waals surface area contributed by atoms with E-state index in [-0.39, 0.29) is 5.69 Å². The average molecular weight is 156 g/mol. The molecule has 0 aromatic carbocycles. The normalized spacial score (nSPS) is 10.1. The fourth-order valence-electron chi connectivity index (χ4n) is 0.821. The van der Waals surface area contributed by atoms with Crippen LogP contribution < -0.4 is 10.6 Å². The molecule has 11 heavy (non-hydrogen) atoms. The molecule has 0 saturated carbocycles. The van der Waals surface area contributed by atoms with Gasteiger partial charge in [-0.25, -0.2) is 9.89 Å². The molecule has 1 aromatic rings. The molecule has 0 aliphatic heterocycles. The molecule has 1 N–H and O–H groups in total. The standard InChI is InChI=1S/C6H12N4O/c1-4-9(2)5-7-8-6(11)10(5)3/h4H2,1-3H3,(H,8,11). The van der Waals surface area contributed by atoms with Crippen LogP contribution in [0.1, 0.15) is 6.92 Å². The third kappa shape index (κ3) is 1.26. The van der Waals surface area contributed by atoms with E-state index in [1.807, 2.05) is 18.9 Å². The van der Waals surface area contributed by atoms with Gasteiger partial charge in [-0.3, -0.25) is 4.57 Å². The number of hydrogen-bond acceptors (Lipinski definition) is 3. The summed E-state index contributed by atoms with van der Waals surface area (Å²) in [4.78, 5) is 12.8. The van der Waals surface area contributed by atoms with Crippen LogP contribution in [-0.4, -0.2) is 28.4 Å². The number of hydrogen-bond donors (Lipinski definition) is 1. The smallest absolute Gasteiger partial charge is 0.344 e. The Hall–Kier alpha value is -1.26. The Morgan fingerprint density at radius 1 is 1.73 bits per heavy atom. The maximum atomic E-state index is 10.9. The van der Waals surface area contributed by atoms with Gasteiger partial charge < -0.3 is 4.90 Å². The summed E-state index contributed by atoms with van der Waals surface area (Å²) in [6.07, 6.45) is 0. The third-order valence-corrected chi connectivity index (χ3v) is 1.67. The lowest BCUT2D eigenvalue weighted by Crippen LogP contribution is -2.22. The van der Waals surface area contributed by atoms with Gasteiger partial charge in [-0.05, 0) is 6.92 Å². The van der Waals surface area contributed by atoms with Crippen molar-refractivity contribution in [2.75, 3.05) is 18.5 Å². The van der Waals surface area contributed by atoms with Crippen molar-refractivity contribution in [3.05, 3.63) is 10.5 Å². The third-order valence-electron chi connectivity index (χ3n) is 1.67. The number of H-pyrrole nitrogens is 1.